The van der Waals surface area contributed by atoms with Crippen LogP contribution in [0.25, 0.3) is 10.6 Å². The first kappa shape index (κ1) is 17.1. The second-order valence-corrected chi connectivity index (χ2v) is 9.41. The molecule has 1 N–H and O–H groups in total. The lowest BCUT2D eigenvalue weighted by atomic mass is 10.2. The third-order valence-corrected chi connectivity index (χ3v) is 7.47. The van der Waals surface area contributed by atoms with E-state index < -0.39 is 10.0 Å². The number of benzene rings is 1. The van der Waals surface area contributed by atoms with E-state index in [0.29, 0.717) is 11.3 Å². The van der Waals surface area contributed by atoms with Gasteiger partial charge in [-0.1, -0.05) is 0 Å². The Hall–Kier alpha value is -1.77. The zero-order chi connectivity index (χ0) is 17.5. The first-order valence-electron chi connectivity index (χ1n) is 7.08. The molecule has 0 aliphatic carbocycles. The topological polar surface area (TPSA) is 59.1 Å². The van der Waals surface area contributed by atoms with E-state index in [-0.39, 0.29) is 10.0 Å². The predicted molar refractivity (Wildman–Crippen MR) is 96.8 cm³/mol. The number of hydrogen-bond acceptors (Lipinski definition) is 5. The van der Waals surface area contributed by atoms with Crippen LogP contribution in [0, 0.1) is 26.6 Å². The van der Waals surface area contributed by atoms with Gasteiger partial charge in [-0.3, -0.25) is 4.72 Å². The van der Waals surface area contributed by atoms with Crippen molar-refractivity contribution >= 4 is 38.4 Å². The maximum absolute atomic E-state index is 13.3. The summed E-state index contributed by atoms with van der Waals surface area (Å²) in [6, 6.07) is 5.73. The second-order valence-electron chi connectivity index (χ2n) is 5.38. The van der Waals surface area contributed by atoms with Gasteiger partial charge < -0.3 is 0 Å². The summed E-state index contributed by atoms with van der Waals surface area (Å²) in [5.41, 5.74) is 2.46. The summed E-state index contributed by atoms with van der Waals surface area (Å²) in [7, 11) is -3.71. The average molecular weight is 383 g/mol. The zero-order valence-electron chi connectivity index (χ0n) is 13.3. The van der Waals surface area contributed by atoms with Crippen LogP contribution >= 0.6 is 22.7 Å². The highest BCUT2D eigenvalue weighted by atomic mass is 32.2. The molecule has 0 amide bonds. The van der Waals surface area contributed by atoms with Crippen molar-refractivity contribution in [2.24, 2.45) is 0 Å². The van der Waals surface area contributed by atoms with Crippen LogP contribution in [0.1, 0.15) is 16.1 Å². The molecule has 0 radical (unpaired) electrons. The van der Waals surface area contributed by atoms with Crippen LogP contribution in [-0.4, -0.2) is 13.4 Å². The summed E-state index contributed by atoms with van der Waals surface area (Å²) >= 11 is 2.67. The van der Waals surface area contributed by atoms with E-state index in [9.17, 15) is 12.8 Å². The summed E-state index contributed by atoms with van der Waals surface area (Å²) in [4.78, 5) is 5.56. The Labute approximate surface area is 148 Å². The van der Waals surface area contributed by atoms with Crippen molar-refractivity contribution < 1.29 is 12.8 Å². The molecule has 126 valence electrons. The van der Waals surface area contributed by atoms with Crippen molar-refractivity contribution in [3.63, 3.8) is 0 Å². The van der Waals surface area contributed by atoms with Crippen molar-refractivity contribution in [1.82, 2.24) is 4.98 Å². The van der Waals surface area contributed by atoms with Gasteiger partial charge in [0, 0.05) is 21.5 Å². The van der Waals surface area contributed by atoms with E-state index in [0.717, 1.165) is 32.5 Å². The third kappa shape index (κ3) is 3.35. The van der Waals surface area contributed by atoms with Crippen LogP contribution in [0.3, 0.4) is 0 Å². The Kier molecular flexibility index (Phi) is 4.46. The molecule has 1 aromatic carbocycles. The fourth-order valence-corrected chi connectivity index (χ4v) is 5.27. The van der Waals surface area contributed by atoms with Gasteiger partial charge in [0.25, 0.3) is 10.0 Å². The summed E-state index contributed by atoms with van der Waals surface area (Å²) in [5, 5.41) is 2.59. The van der Waals surface area contributed by atoms with E-state index in [2.05, 4.69) is 9.71 Å². The lowest BCUT2D eigenvalue weighted by Crippen LogP contribution is -2.11. The smallest absolute Gasteiger partial charge is 0.271 e. The average Bonchev–Trinajstić information content (AvgIpc) is 3.11. The standard InChI is InChI=1S/C16H15FN2O2S3/c1-9-6-13(4-5-14(9)17)19-24(20,21)15-7-12(8-22-15)16-18-10(2)11(3)23-16/h4-8,19H,1-3H3. The highest BCUT2D eigenvalue weighted by Gasteiger charge is 2.19. The SMILES string of the molecule is Cc1cc(NS(=O)(=O)c2cc(-c3nc(C)c(C)s3)cs2)ccc1F. The molecule has 4 nitrogen and oxygen atoms in total. The van der Waals surface area contributed by atoms with Crippen molar-refractivity contribution in [2.45, 2.75) is 25.0 Å². The van der Waals surface area contributed by atoms with Crippen LogP contribution in [0.15, 0.2) is 33.9 Å². The summed E-state index contributed by atoms with van der Waals surface area (Å²) in [6.45, 7) is 5.50. The van der Waals surface area contributed by atoms with Gasteiger partial charge >= 0.3 is 0 Å². The van der Waals surface area contributed by atoms with Crippen LogP contribution in [0.2, 0.25) is 0 Å². The highest BCUT2D eigenvalue weighted by Crippen LogP contribution is 2.33. The van der Waals surface area contributed by atoms with Gasteiger partial charge in [-0.2, -0.15) is 0 Å². The van der Waals surface area contributed by atoms with Crippen LogP contribution in [0.5, 0.6) is 0 Å². The second kappa shape index (κ2) is 6.27. The molecular weight excluding hydrogens is 367 g/mol. The number of anilines is 1. The summed E-state index contributed by atoms with van der Waals surface area (Å²) in [5.74, 6) is -0.370. The molecule has 0 unspecified atom stereocenters. The fraction of sp³-hybridized carbons (Fsp3) is 0.188. The van der Waals surface area contributed by atoms with Gasteiger partial charge in [0.1, 0.15) is 15.0 Å². The lowest BCUT2D eigenvalue weighted by molar-refractivity contribution is 0.602. The molecule has 0 bridgehead atoms. The largest absolute Gasteiger partial charge is 0.279 e. The molecule has 0 atom stereocenters. The van der Waals surface area contributed by atoms with Gasteiger partial charge in [-0.05, 0) is 50.6 Å². The minimum absolute atomic E-state index is 0.199. The number of hydrogen-bond donors (Lipinski definition) is 1. The molecule has 0 aliphatic rings. The minimum atomic E-state index is -3.71. The van der Waals surface area contributed by atoms with E-state index in [1.807, 2.05) is 13.8 Å². The van der Waals surface area contributed by atoms with Crippen molar-refractivity contribution in [3.8, 4) is 10.6 Å². The Bertz CT molecular complexity index is 987. The number of aryl methyl sites for hydroxylation is 3. The maximum atomic E-state index is 13.3. The molecular formula is C16H15FN2O2S3. The molecule has 2 aromatic heterocycles. The molecule has 3 rings (SSSR count). The number of nitrogens with one attached hydrogen (secondary N) is 1. The summed E-state index contributed by atoms with van der Waals surface area (Å²) < 4.78 is 41.0. The van der Waals surface area contributed by atoms with E-state index in [1.165, 1.54) is 29.5 Å². The van der Waals surface area contributed by atoms with Crippen molar-refractivity contribution in [2.75, 3.05) is 4.72 Å². The summed E-state index contributed by atoms with van der Waals surface area (Å²) in [6.07, 6.45) is 0. The lowest BCUT2D eigenvalue weighted by Gasteiger charge is -2.07. The van der Waals surface area contributed by atoms with Gasteiger partial charge in [0.05, 0.1) is 5.69 Å². The van der Waals surface area contributed by atoms with Gasteiger partial charge in [-0.15, -0.1) is 22.7 Å². The van der Waals surface area contributed by atoms with E-state index in [1.54, 1.807) is 18.4 Å². The van der Waals surface area contributed by atoms with Crippen LogP contribution < -0.4 is 4.72 Å². The first-order valence-corrected chi connectivity index (χ1v) is 10.3. The number of halogens is 1. The molecule has 0 saturated carbocycles. The maximum Gasteiger partial charge on any atom is 0.271 e. The quantitative estimate of drug-likeness (QED) is 0.709. The molecule has 0 fully saturated rings. The molecule has 0 spiro atoms. The normalized spacial score (nSPS) is 11.7. The monoisotopic (exact) mass is 382 g/mol. The van der Waals surface area contributed by atoms with Gasteiger partial charge in [0.2, 0.25) is 0 Å². The first-order chi connectivity index (χ1) is 11.3. The number of sulfonamides is 1. The van der Waals surface area contributed by atoms with Crippen LogP contribution in [-0.2, 0) is 10.0 Å². The third-order valence-electron chi connectivity index (χ3n) is 3.53. The molecule has 0 saturated heterocycles. The predicted octanol–water partition coefficient (Wildman–Crippen LogP) is 4.74. The van der Waals surface area contributed by atoms with Crippen molar-refractivity contribution in [1.29, 1.82) is 0 Å². The Morgan fingerprint density at radius 1 is 1.17 bits per heavy atom. The number of nitrogens with zero attached hydrogens (tertiary/aromatic N) is 1. The zero-order valence-corrected chi connectivity index (χ0v) is 15.7. The molecule has 8 heteroatoms. The highest BCUT2D eigenvalue weighted by molar-refractivity contribution is 7.94. The number of rotatable bonds is 4. The van der Waals surface area contributed by atoms with Crippen molar-refractivity contribution in [3.05, 3.63) is 51.6 Å². The Morgan fingerprint density at radius 2 is 1.92 bits per heavy atom. The number of thiophene rings is 1. The molecule has 3 aromatic rings. The fourth-order valence-electron chi connectivity index (χ4n) is 2.08. The van der Waals surface area contributed by atoms with Gasteiger partial charge in [-0.25, -0.2) is 17.8 Å². The Balaban J connectivity index is 1.89. The molecule has 2 heterocycles. The van der Waals surface area contributed by atoms with E-state index in [4.69, 9.17) is 0 Å². The molecule has 0 aliphatic heterocycles. The number of thiazole rings is 1. The Morgan fingerprint density at radius 3 is 2.54 bits per heavy atom. The minimum Gasteiger partial charge on any atom is -0.279 e. The van der Waals surface area contributed by atoms with E-state index >= 15 is 0 Å². The molecule has 24 heavy (non-hydrogen) atoms. The van der Waals surface area contributed by atoms with Crippen LogP contribution in [0.4, 0.5) is 10.1 Å². The number of aromatic nitrogens is 1. The van der Waals surface area contributed by atoms with Gasteiger partial charge in [0.15, 0.2) is 0 Å².